The summed E-state index contributed by atoms with van der Waals surface area (Å²) in [5, 5.41) is 5.30. The van der Waals surface area contributed by atoms with Gasteiger partial charge in [-0.2, -0.15) is 0 Å². The maximum absolute atomic E-state index is 14.6. The predicted molar refractivity (Wildman–Crippen MR) is 118 cm³/mol. The molecule has 1 aliphatic rings. The summed E-state index contributed by atoms with van der Waals surface area (Å²) in [7, 11) is 3.38. The number of benzene rings is 1. The number of hydrogen-bond donors (Lipinski definition) is 2. The van der Waals surface area contributed by atoms with Crippen molar-refractivity contribution >= 4 is 11.8 Å². The number of amides is 2. The molecule has 2 heterocycles. The molecule has 180 valence electrons. The van der Waals surface area contributed by atoms with Crippen LogP contribution in [-0.4, -0.2) is 52.4 Å². The van der Waals surface area contributed by atoms with Crippen LogP contribution >= 0.6 is 0 Å². The molecule has 33 heavy (non-hydrogen) atoms. The van der Waals surface area contributed by atoms with E-state index in [1.807, 2.05) is 39.6 Å². The maximum Gasteiger partial charge on any atom is 0.272 e. The minimum absolute atomic E-state index is 0.0215. The van der Waals surface area contributed by atoms with Gasteiger partial charge in [0.05, 0.1) is 11.3 Å². The smallest absolute Gasteiger partial charge is 0.272 e. The second-order valence-corrected chi connectivity index (χ2v) is 9.57. The summed E-state index contributed by atoms with van der Waals surface area (Å²) in [4.78, 5) is 32.2. The number of carbonyl (C=O) groups excluding carboxylic acids is 2. The Morgan fingerprint density at radius 1 is 1.15 bits per heavy atom. The van der Waals surface area contributed by atoms with Crippen molar-refractivity contribution in [3.05, 3.63) is 41.0 Å². The van der Waals surface area contributed by atoms with Gasteiger partial charge in [0.15, 0.2) is 17.3 Å². The van der Waals surface area contributed by atoms with Crippen LogP contribution in [0.2, 0.25) is 0 Å². The van der Waals surface area contributed by atoms with E-state index in [4.69, 9.17) is 0 Å². The molecule has 2 N–H and O–H groups in total. The minimum atomic E-state index is -1.30. The first-order valence-corrected chi connectivity index (χ1v) is 10.8. The Bertz CT molecular complexity index is 1080. The van der Waals surface area contributed by atoms with E-state index in [1.165, 1.54) is 7.05 Å². The van der Waals surface area contributed by atoms with Gasteiger partial charge in [-0.1, -0.05) is 20.8 Å². The van der Waals surface area contributed by atoms with Gasteiger partial charge in [-0.15, -0.1) is 0 Å². The van der Waals surface area contributed by atoms with Crippen molar-refractivity contribution in [2.75, 3.05) is 14.1 Å². The van der Waals surface area contributed by atoms with E-state index in [-0.39, 0.29) is 29.0 Å². The van der Waals surface area contributed by atoms with E-state index < -0.39 is 34.8 Å². The molecule has 2 unspecified atom stereocenters. The van der Waals surface area contributed by atoms with Gasteiger partial charge in [-0.05, 0) is 31.9 Å². The third-order valence-electron chi connectivity index (χ3n) is 6.11. The van der Waals surface area contributed by atoms with Crippen LogP contribution in [-0.2, 0) is 17.9 Å². The average Bonchev–Trinajstić information content (AvgIpc) is 3.01. The lowest BCUT2D eigenvalue weighted by atomic mass is 9.86. The molecule has 3 rings (SSSR count). The van der Waals surface area contributed by atoms with Crippen LogP contribution in [0.25, 0.3) is 11.4 Å². The second-order valence-electron chi connectivity index (χ2n) is 9.57. The van der Waals surface area contributed by atoms with Crippen LogP contribution in [0, 0.1) is 22.9 Å². The van der Waals surface area contributed by atoms with Crippen LogP contribution in [0.5, 0.6) is 0 Å². The zero-order valence-electron chi connectivity index (χ0n) is 19.7. The van der Waals surface area contributed by atoms with Crippen LogP contribution in [0.15, 0.2) is 12.1 Å². The summed E-state index contributed by atoms with van der Waals surface area (Å²) < 4.78 is 43.8. The lowest BCUT2D eigenvalue weighted by Crippen LogP contribution is -2.53. The topological polar surface area (TPSA) is 79.3 Å². The van der Waals surface area contributed by atoms with Crippen molar-refractivity contribution in [2.24, 2.45) is 5.41 Å². The number of rotatable bonds is 4. The fraction of sp³-hybridized carbons (Fsp3) is 0.522. The van der Waals surface area contributed by atoms with Gasteiger partial charge >= 0.3 is 0 Å². The van der Waals surface area contributed by atoms with Gasteiger partial charge < -0.3 is 15.2 Å². The third kappa shape index (κ3) is 4.90. The molecule has 0 fully saturated rings. The number of imidazole rings is 1. The summed E-state index contributed by atoms with van der Waals surface area (Å²) in [6.45, 7) is 8.23. The molecule has 2 aromatic rings. The van der Waals surface area contributed by atoms with E-state index in [9.17, 15) is 22.8 Å². The minimum Gasteiger partial charge on any atom is -0.357 e. The molecule has 0 aliphatic carbocycles. The highest BCUT2D eigenvalue weighted by molar-refractivity contribution is 5.97. The van der Waals surface area contributed by atoms with Crippen molar-refractivity contribution in [2.45, 2.75) is 59.3 Å². The van der Waals surface area contributed by atoms with Crippen LogP contribution < -0.4 is 10.6 Å². The molecule has 2 amide bonds. The fourth-order valence-corrected chi connectivity index (χ4v) is 3.92. The van der Waals surface area contributed by atoms with Gasteiger partial charge in [0.25, 0.3) is 5.91 Å². The molecule has 0 saturated heterocycles. The van der Waals surface area contributed by atoms with Crippen LogP contribution in [0.3, 0.4) is 0 Å². The molecule has 1 aromatic heterocycles. The van der Waals surface area contributed by atoms with Crippen molar-refractivity contribution in [1.82, 2.24) is 25.1 Å². The summed E-state index contributed by atoms with van der Waals surface area (Å²) >= 11 is 0. The first kappa shape index (κ1) is 24.8. The summed E-state index contributed by atoms with van der Waals surface area (Å²) in [6, 6.07) is 0.538. The number of nitrogens with one attached hydrogen (secondary N) is 2. The monoisotopic (exact) mass is 465 g/mol. The van der Waals surface area contributed by atoms with E-state index in [2.05, 4.69) is 15.6 Å². The molecular formula is C23H30F3N5O2. The van der Waals surface area contributed by atoms with Gasteiger partial charge in [-0.3, -0.25) is 14.5 Å². The Hall–Kier alpha value is -2.88. The standard InChI is InChI=1S/C23H30F3N5O2/c1-12-7-8-31-17(11-30(12)6)18(21(32)29-19(22(33)27-5)23(2,3)4)28-20(31)13-9-15(25)16(26)10-14(13)24/h9-10,12,19H,7-8,11H2,1-6H3,(H,27,33)(H,29,32). The second kappa shape index (κ2) is 9.17. The molecule has 1 aliphatic heterocycles. The number of halogens is 3. The van der Waals surface area contributed by atoms with Gasteiger partial charge in [0, 0.05) is 32.2 Å². The molecule has 7 nitrogen and oxygen atoms in total. The molecule has 0 saturated carbocycles. The number of aromatic nitrogens is 2. The van der Waals surface area contributed by atoms with Crippen molar-refractivity contribution in [1.29, 1.82) is 0 Å². The molecule has 10 heteroatoms. The molecule has 2 atom stereocenters. The number of hydrogen-bond acceptors (Lipinski definition) is 4. The zero-order valence-corrected chi connectivity index (χ0v) is 19.7. The van der Waals surface area contributed by atoms with Crippen LogP contribution in [0.4, 0.5) is 13.2 Å². The van der Waals surface area contributed by atoms with Gasteiger partial charge in [0.2, 0.25) is 5.91 Å². The largest absolute Gasteiger partial charge is 0.357 e. The normalized spacial score (nSPS) is 17.8. The Kier molecular flexibility index (Phi) is 6.88. The average molecular weight is 466 g/mol. The van der Waals surface area contributed by atoms with E-state index in [1.54, 1.807) is 4.57 Å². The lowest BCUT2D eigenvalue weighted by Gasteiger charge is -2.29. The number of carbonyl (C=O) groups is 2. The highest BCUT2D eigenvalue weighted by Crippen LogP contribution is 2.31. The van der Waals surface area contributed by atoms with E-state index >= 15 is 0 Å². The van der Waals surface area contributed by atoms with Gasteiger partial charge in [-0.25, -0.2) is 18.2 Å². The molecule has 0 radical (unpaired) electrons. The van der Waals surface area contributed by atoms with Gasteiger partial charge in [0.1, 0.15) is 17.7 Å². The zero-order chi connectivity index (χ0) is 24.7. The predicted octanol–water partition coefficient (Wildman–Crippen LogP) is 3.08. The van der Waals surface area contributed by atoms with E-state index in [0.29, 0.717) is 31.3 Å². The third-order valence-corrected chi connectivity index (χ3v) is 6.11. The van der Waals surface area contributed by atoms with Crippen molar-refractivity contribution < 1.29 is 22.8 Å². The lowest BCUT2D eigenvalue weighted by molar-refractivity contribution is -0.124. The number of nitrogens with zero attached hydrogens (tertiary/aromatic N) is 3. The molecule has 0 spiro atoms. The Morgan fingerprint density at radius 2 is 1.79 bits per heavy atom. The molecule has 1 aromatic carbocycles. The number of fused-ring (bicyclic) bond motifs is 1. The first-order valence-electron chi connectivity index (χ1n) is 10.8. The highest BCUT2D eigenvalue weighted by Gasteiger charge is 2.35. The summed E-state index contributed by atoms with van der Waals surface area (Å²) in [6.07, 6.45) is 0.683. The van der Waals surface area contributed by atoms with Crippen LogP contribution in [0.1, 0.15) is 50.3 Å². The summed E-state index contributed by atoms with van der Waals surface area (Å²) in [5.74, 6) is -4.40. The van der Waals surface area contributed by atoms with E-state index in [0.717, 1.165) is 6.07 Å². The Balaban J connectivity index is 2.14. The number of likely N-dealkylation sites (N-methyl/N-ethyl adjacent to an activating group) is 1. The quantitative estimate of drug-likeness (QED) is 0.681. The maximum atomic E-state index is 14.6. The van der Waals surface area contributed by atoms with Crippen molar-refractivity contribution in [3.8, 4) is 11.4 Å². The SMILES string of the molecule is CNC(=O)C(NC(=O)c1nc(-c2cc(F)c(F)cc2F)n2c1CN(C)C(C)CC2)C(C)(C)C. The molecular weight excluding hydrogens is 435 g/mol. The summed E-state index contributed by atoms with van der Waals surface area (Å²) in [5.41, 5.74) is -0.284. The molecule has 0 bridgehead atoms. The highest BCUT2D eigenvalue weighted by atomic mass is 19.2. The Morgan fingerprint density at radius 3 is 2.39 bits per heavy atom. The first-order chi connectivity index (χ1) is 15.3. The Labute approximate surface area is 191 Å². The fourth-order valence-electron chi connectivity index (χ4n) is 3.92. The van der Waals surface area contributed by atoms with Crippen molar-refractivity contribution in [3.63, 3.8) is 0 Å².